The van der Waals surface area contributed by atoms with E-state index in [2.05, 4.69) is 21.2 Å². The molecule has 0 aromatic heterocycles. The van der Waals surface area contributed by atoms with Gasteiger partial charge in [0, 0.05) is 12.1 Å². The number of benzene rings is 2. The lowest BCUT2D eigenvalue weighted by molar-refractivity contribution is 0.411. The zero-order chi connectivity index (χ0) is 15.2. The second-order valence-electron chi connectivity index (χ2n) is 4.40. The van der Waals surface area contributed by atoms with Gasteiger partial charge >= 0.3 is 0 Å². The molecular formula is C16H17BrFNO2. The van der Waals surface area contributed by atoms with Crippen LogP contribution in [0.25, 0.3) is 0 Å². The molecule has 0 fully saturated rings. The van der Waals surface area contributed by atoms with Gasteiger partial charge in [-0.15, -0.1) is 0 Å². The fourth-order valence-electron chi connectivity index (χ4n) is 1.87. The summed E-state index contributed by atoms with van der Waals surface area (Å²) in [5.41, 5.74) is 0.516. The highest BCUT2D eigenvalue weighted by Crippen LogP contribution is 2.34. The van der Waals surface area contributed by atoms with Gasteiger partial charge in [-0.2, -0.15) is 0 Å². The van der Waals surface area contributed by atoms with Gasteiger partial charge in [-0.3, -0.25) is 0 Å². The number of ether oxygens (including phenoxy) is 2. The highest BCUT2D eigenvalue weighted by atomic mass is 79.9. The van der Waals surface area contributed by atoms with Crippen LogP contribution in [0.1, 0.15) is 12.5 Å². The molecule has 2 aromatic rings. The molecular weight excluding hydrogens is 337 g/mol. The van der Waals surface area contributed by atoms with E-state index in [4.69, 9.17) is 9.47 Å². The Labute approximate surface area is 132 Å². The molecule has 2 rings (SSSR count). The number of hydrogen-bond donors (Lipinski definition) is 1. The van der Waals surface area contributed by atoms with E-state index in [1.807, 2.05) is 6.92 Å². The fourth-order valence-corrected chi connectivity index (χ4v) is 2.30. The Balaban J connectivity index is 2.28. The Hall–Kier alpha value is -1.59. The zero-order valence-electron chi connectivity index (χ0n) is 12.0. The van der Waals surface area contributed by atoms with E-state index in [1.54, 1.807) is 37.4 Å². The van der Waals surface area contributed by atoms with Crippen LogP contribution in [0.5, 0.6) is 17.2 Å². The number of nitrogens with one attached hydrogen (secondary N) is 1. The van der Waals surface area contributed by atoms with Gasteiger partial charge in [0.05, 0.1) is 11.6 Å². The molecule has 1 N–H and O–H groups in total. The molecule has 0 aliphatic heterocycles. The number of rotatable bonds is 6. The normalized spacial score (nSPS) is 10.5. The Morgan fingerprint density at radius 3 is 2.67 bits per heavy atom. The third-order valence-corrected chi connectivity index (χ3v) is 3.61. The van der Waals surface area contributed by atoms with Crippen LogP contribution in [0.2, 0.25) is 0 Å². The van der Waals surface area contributed by atoms with Crippen LogP contribution in [0.4, 0.5) is 4.39 Å². The van der Waals surface area contributed by atoms with Gasteiger partial charge in [0.1, 0.15) is 23.1 Å². The molecule has 0 heterocycles. The smallest absolute Gasteiger partial charge is 0.141 e. The minimum atomic E-state index is -0.280. The van der Waals surface area contributed by atoms with Crippen LogP contribution in [-0.4, -0.2) is 13.7 Å². The van der Waals surface area contributed by atoms with Crippen molar-refractivity contribution in [2.75, 3.05) is 13.7 Å². The van der Waals surface area contributed by atoms with Crippen LogP contribution in [-0.2, 0) is 6.54 Å². The van der Waals surface area contributed by atoms with Gasteiger partial charge in [-0.25, -0.2) is 4.39 Å². The molecule has 3 nitrogen and oxygen atoms in total. The first-order valence-electron chi connectivity index (χ1n) is 6.65. The Morgan fingerprint density at radius 2 is 2.00 bits per heavy atom. The maximum absolute atomic E-state index is 13.9. The van der Waals surface area contributed by atoms with E-state index < -0.39 is 0 Å². The molecule has 0 spiro atoms. The summed E-state index contributed by atoms with van der Waals surface area (Å²) < 4.78 is 25.7. The van der Waals surface area contributed by atoms with Crippen LogP contribution in [0.3, 0.4) is 0 Å². The van der Waals surface area contributed by atoms with Gasteiger partial charge in [-0.05, 0) is 52.8 Å². The summed E-state index contributed by atoms with van der Waals surface area (Å²) in [6.07, 6.45) is 0. The van der Waals surface area contributed by atoms with Crippen molar-refractivity contribution in [1.82, 2.24) is 5.32 Å². The average molecular weight is 354 g/mol. The van der Waals surface area contributed by atoms with Crippen molar-refractivity contribution >= 4 is 15.9 Å². The third kappa shape index (κ3) is 3.95. The van der Waals surface area contributed by atoms with Crippen molar-refractivity contribution in [1.29, 1.82) is 0 Å². The summed E-state index contributed by atoms with van der Waals surface area (Å²) in [7, 11) is 1.60. The average Bonchev–Trinajstić information content (AvgIpc) is 2.48. The predicted octanol–water partition coefficient (Wildman–Crippen LogP) is 4.50. The van der Waals surface area contributed by atoms with Crippen molar-refractivity contribution < 1.29 is 13.9 Å². The molecule has 0 saturated carbocycles. The van der Waals surface area contributed by atoms with Crippen LogP contribution >= 0.6 is 15.9 Å². The Morgan fingerprint density at radius 1 is 1.19 bits per heavy atom. The van der Waals surface area contributed by atoms with E-state index in [0.717, 1.165) is 16.8 Å². The first kappa shape index (κ1) is 15.8. The van der Waals surface area contributed by atoms with Gasteiger partial charge in [0.2, 0.25) is 0 Å². The predicted molar refractivity (Wildman–Crippen MR) is 84.5 cm³/mol. The SMILES string of the molecule is CCNCc1c(F)cccc1Oc1ccc(OC)cc1Br. The maximum Gasteiger partial charge on any atom is 0.141 e. The molecule has 0 aliphatic carbocycles. The highest BCUT2D eigenvalue weighted by Gasteiger charge is 2.12. The molecule has 0 radical (unpaired) electrons. The number of methoxy groups -OCH3 is 1. The van der Waals surface area contributed by atoms with Crippen molar-refractivity contribution in [2.45, 2.75) is 13.5 Å². The van der Waals surface area contributed by atoms with E-state index in [-0.39, 0.29) is 5.82 Å². The van der Waals surface area contributed by atoms with Crippen LogP contribution in [0, 0.1) is 5.82 Å². The van der Waals surface area contributed by atoms with Crippen LogP contribution in [0.15, 0.2) is 40.9 Å². The molecule has 0 bridgehead atoms. The Kier molecular flexibility index (Phi) is 5.59. The van der Waals surface area contributed by atoms with Gasteiger partial charge < -0.3 is 14.8 Å². The topological polar surface area (TPSA) is 30.5 Å². The zero-order valence-corrected chi connectivity index (χ0v) is 13.5. The molecule has 0 amide bonds. The summed E-state index contributed by atoms with van der Waals surface area (Å²) in [6, 6.07) is 10.2. The van der Waals surface area contributed by atoms with Gasteiger partial charge in [0.15, 0.2) is 0 Å². The van der Waals surface area contributed by atoms with Crippen molar-refractivity contribution in [3.63, 3.8) is 0 Å². The van der Waals surface area contributed by atoms with E-state index in [0.29, 0.717) is 23.6 Å². The molecule has 112 valence electrons. The molecule has 0 atom stereocenters. The lowest BCUT2D eigenvalue weighted by Gasteiger charge is -2.14. The lowest BCUT2D eigenvalue weighted by Crippen LogP contribution is -2.13. The summed E-state index contributed by atoms with van der Waals surface area (Å²) in [6.45, 7) is 3.16. The Bertz CT molecular complexity index is 619. The third-order valence-electron chi connectivity index (χ3n) is 2.99. The summed E-state index contributed by atoms with van der Waals surface area (Å²) in [4.78, 5) is 0. The summed E-state index contributed by atoms with van der Waals surface area (Å²) in [5, 5.41) is 3.11. The van der Waals surface area contributed by atoms with Gasteiger partial charge in [0.25, 0.3) is 0 Å². The molecule has 0 unspecified atom stereocenters. The molecule has 21 heavy (non-hydrogen) atoms. The second kappa shape index (κ2) is 7.43. The van der Waals surface area contributed by atoms with Crippen molar-refractivity contribution in [2.24, 2.45) is 0 Å². The van der Waals surface area contributed by atoms with E-state index in [1.165, 1.54) is 6.07 Å². The second-order valence-corrected chi connectivity index (χ2v) is 5.25. The molecule has 5 heteroatoms. The largest absolute Gasteiger partial charge is 0.497 e. The molecule has 2 aromatic carbocycles. The standard InChI is InChI=1S/C16H17BrFNO2/c1-3-19-10-12-14(18)5-4-6-15(12)21-16-8-7-11(20-2)9-13(16)17/h4-9,19H,3,10H2,1-2H3. The summed E-state index contributed by atoms with van der Waals surface area (Å²) >= 11 is 3.43. The quantitative estimate of drug-likeness (QED) is 0.829. The maximum atomic E-state index is 13.9. The lowest BCUT2D eigenvalue weighted by atomic mass is 10.2. The van der Waals surface area contributed by atoms with Crippen molar-refractivity contribution in [3.05, 3.63) is 52.3 Å². The van der Waals surface area contributed by atoms with Crippen LogP contribution < -0.4 is 14.8 Å². The molecule has 0 aliphatic rings. The van der Waals surface area contributed by atoms with E-state index in [9.17, 15) is 4.39 Å². The monoisotopic (exact) mass is 353 g/mol. The highest BCUT2D eigenvalue weighted by molar-refractivity contribution is 9.10. The molecule has 0 saturated heterocycles. The number of hydrogen-bond acceptors (Lipinski definition) is 3. The number of halogens is 2. The van der Waals surface area contributed by atoms with E-state index >= 15 is 0 Å². The first-order chi connectivity index (χ1) is 10.2. The first-order valence-corrected chi connectivity index (χ1v) is 7.44. The van der Waals surface area contributed by atoms with Gasteiger partial charge in [-0.1, -0.05) is 13.0 Å². The van der Waals surface area contributed by atoms with Crippen molar-refractivity contribution in [3.8, 4) is 17.2 Å². The minimum absolute atomic E-state index is 0.280. The summed E-state index contributed by atoms with van der Waals surface area (Å²) in [5.74, 6) is 1.56. The minimum Gasteiger partial charge on any atom is -0.497 e. The fraction of sp³-hybridized carbons (Fsp3) is 0.250.